The van der Waals surface area contributed by atoms with Crippen LogP contribution in [0.25, 0.3) is 10.8 Å². The molecule has 0 bridgehead atoms. The minimum Gasteiger partial charge on any atom is -0.378 e. The van der Waals surface area contributed by atoms with E-state index in [1.165, 1.54) is 17.2 Å². The molecular weight excluding hydrogens is 224 g/mol. The highest BCUT2D eigenvalue weighted by molar-refractivity contribution is 5.91. The Morgan fingerprint density at radius 1 is 1.22 bits per heavy atom. The van der Waals surface area contributed by atoms with Crippen molar-refractivity contribution in [1.29, 1.82) is 0 Å². The lowest BCUT2D eigenvalue weighted by atomic mass is 9.76. The number of pyridine rings is 1. The maximum Gasteiger partial charge on any atom is 0.134 e. The number of ether oxygens (including phenoxy) is 1. The van der Waals surface area contributed by atoms with Crippen molar-refractivity contribution in [2.45, 2.75) is 25.0 Å². The van der Waals surface area contributed by atoms with Crippen LogP contribution >= 0.6 is 0 Å². The maximum atomic E-state index is 5.65. The van der Waals surface area contributed by atoms with Crippen LogP contribution in [0.15, 0.2) is 36.5 Å². The van der Waals surface area contributed by atoms with Gasteiger partial charge in [-0.3, -0.25) is 0 Å². The zero-order chi connectivity index (χ0) is 11.9. The third kappa shape index (κ3) is 1.51. The zero-order valence-electron chi connectivity index (χ0n) is 10.2. The second kappa shape index (κ2) is 3.95. The van der Waals surface area contributed by atoms with Crippen LogP contribution in [0.5, 0.6) is 0 Å². The van der Waals surface area contributed by atoms with E-state index in [0.717, 1.165) is 18.8 Å². The Kier molecular flexibility index (Phi) is 2.27. The molecule has 18 heavy (non-hydrogen) atoms. The maximum absolute atomic E-state index is 5.65. The molecule has 1 aromatic carbocycles. The van der Waals surface area contributed by atoms with Crippen LogP contribution in [0.4, 0.5) is 5.82 Å². The highest BCUT2D eigenvalue weighted by atomic mass is 16.5. The molecule has 3 nitrogen and oxygen atoms in total. The average Bonchev–Trinajstić information content (AvgIpc) is 2.77. The van der Waals surface area contributed by atoms with Crippen LogP contribution in [-0.2, 0) is 4.74 Å². The summed E-state index contributed by atoms with van der Waals surface area (Å²) in [4.78, 5) is 4.49. The van der Waals surface area contributed by atoms with E-state index in [-0.39, 0.29) is 0 Å². The molecule has 92 valence electrons. The molecule has 0 amide bonds. The lowest BCUT2D eigenvalue weighted by Gasteiger charge is -2.39. The van der Waals surface area contributed by atoms with E-state index < -0.39 is 0 Å². The van der Waals surface area contributed by atoms with Crippen molar-refractivity contribution in [3.8, 4) is 0 Å². The average molecular weight is 240 g/mol. The van der Waals surface area contributed by atoms with Gasteiger partial charge in [-0.15, -0.1) is 0 Å². The summed E-state index contributed by atoms with van der Waals surface area (Å²) < 4.78 is 5.65. The minimum absolute atomic E-state index is 0.498. The summed E-state index contributed by atoms with van der Waals surface area (Å²) in [5.41, 5.74) is 0. The molecule has 0 radical (unpaired) electrons. The van der Waals surface area contributed by atoms with Crippen LogP contribution in [-0.4, -0.2) is 23.7 Å². The first-order valence-electron chi connectivity index (χ1n) is 6.64. The van der Waals surface area contributed by atoms with E-state index in [1.54, 1.807) is 0 Å². The van der Waals surface area contributed by atoms with Gasteiger partial charge < -0.3 is 10.1 Å². The van der Waals surface area contributed by atoms with E-state index in [1.807, 2.05) is 6.20 Å². The highest BCUT2D eigenvalue weighted by Crippen LogP contribution is 2.40. The van der Waals surface area contributed by atoms with Crippen LogP contribution in [0, 0.1) is 5.92 Å². The molecule has 1 aliphatic carbocycles. The van der Waals surface area contributed by atoms with Crippen LogP contribution in [0.3, 0.4) is 0 Å². The SMILES string of the molecule is c1ccc2c(N[C@H]3C[C@@H]4OCC[C@H]34)nccc2c1. The monoisotopic (exact) mass is 240 g/mol. The predicted molar refractivity (Wildman–Crippen MR) is 71.6 cm³/mol. The second-order valence-electron chi connectivity index (χ2n) is 5.23. The van der Waals surface area contributed by atoms with Crippen molar-refractivity contribution >= 4 is 16.6 Å². The third-order valence-electron chi connectivity index (χ3n) is 4.26. The number of anilines is 1. The largest absolute Gasteiger partial charge is 0.378 e. The first-order valence-corrected chi connectivity index (χ1v) is 6.64. The number of benzene rings is 1. The van der Waals surface area contributed by atoms with E-state index in [9.17, 15) is 0 Å². The Bertz CT molecular complexity index is 578. The third-order valence-corrected chi connectivity index (χ3v) is 4.26. The molecule has 3 heteroatoms. The van der Waals surface area contributed by atoms with Gasteiger partial charge in [-0.05, 0) is 24.3 Å². The summed E-state index contributed by atoms with van der Waals surface area (Å²) in [5, 5.41) is 6.06. The van der Waals surface area contributed by atoms with Crippen molar-refractivity contribution in [3.05, 3.63) is 36.5 Å². The number of aromatic nitrogens is 1. The molecule has 0 spiro atoms. The molecule has 0 unspecified atom stereocenters. The van der Waals surface area contributed by atoms with Crippen molar-refractivity contribution in [2.75, 3.05) is 11.9 Å². The van der Waals surface area contributed by atoms with Gasteiger partial charge in [0.15, 0.2) is 0 Å². The van der Waals surface area contributed by atoms with Gasteiger partial charge in [-0.25, -0.2) is 4.98 Å². The Labute approximate surface area is 106 Å². The smallest absolute Gasteiger partial charge is 0.134 e. The van der Waals surface area contributed by atoms with Crippen LogP contribution < -0.4 is 5.32 Å². The second-order valence-corrected chi connectivity index (χ2v) is 5.23. The number of hydrogen-bond donors (Lipinski definition) is 1. The van der Waals surface area contributed by atoms with Gasteiger partial charge in [0, 0.05) is 30.1 Å². The van der Waals surface area contributed by atoms with E-state index in [4.69, 9.17) is 4.74 Å². The number of hydrogen-bond acceptors (Lipinski definition) is 3. The molecule has 4 rings (SSSR count). The molecule has 1 saturated carbocycles. The molecule has 2 aliphatic rings. The molecule has 1 saturated heterocycles. The molecule has 3 atom stereocenters. The number of nitrogens with zero attached hydrogens (tertiary/aromatic N) is 1. The van der Waals surface area contributed by atoms with Gasteiger partial charge >= 0.3 is 0 Å². The summed E-state index contributed by atoms with van der Waals surface area (Å²) in [7, 11) is 0. The fourth-order valence-corrected chi connectivity index (χ4v) is 3.17. The Hall–Kier alpha value is -1.61. The first kappa shape index (κ1) is 10.3. The summed E-state index contributed by atoms with van der Waals surface area (Å²) in [5.74, 6) is 1.70. The number of rotatable bonds is 2. The molecule has 2 aromatic rings. The van der Waals surface area contributed by atoms with Gasteiger partial charge in [0.1, 0.15) is 5.82 Å². The lowest BCUT2D eigenvalue weighted by molar-refractivity contribution is 0.0247. The summed E-state index contributed by atoms with van der Waals surface area (Å²) in [6.07, 6.45) is 4.69. The van der Waals surface area contributed by atoms with Gasteiger partial charge in [0.2, 0.25) is 0 Å². The van der Waals surface area contributed by atoms with E-state index in [2.05, 4.69) is 40.6 Å². The normalized spacial score (nSPS) is 29.9. The van der Waals surface area contributed by atoms with Gasteiger partial charge in [0.25, 0.3) is 0 Å². The van der Waals surface area contributed by atoms with Crippen molar-refractivity contribution in [1.82, 2.24) is 4.98 Å². The molecule has 1 aliphatic heterocycles. The lowest BCUT2D eigenvalue weighted by Crippen LogP contribution is -2.47. The van der Waals surface area contributed by atoms with E-state index >= 15 is 0 Å². The summed E-state index contributed by atoms with van der Waals surface area (Å²) >= 11 is 0. The molecular formula is C15H16N2O. The van der Waals surface area contributed by atoms with Gasteiger partial charge in [-0.2, -0.15) is 0 Å². The predicted octanol–water partition coefficient (Wildman–Crippen LogP) is 2.82. The Morgan fingerprint density at radius 3 is 3.11 bits per heavy atom. The summed E-state index contributed by atoms with van der Waals surface area (Å²) in [6, 6.07) is 11.0. The van der Waals surface area contributed by atoms with Crippen molar-refractivity contribution in [2.24, 2.45) is 5.92 Å². The van der Waals surface area contributed by atoms with Crippen LogP contribution in [0.1, 0.15) is 12.8 Å². The molecule has 2 heterocycles. The Balaban J connectivity index is 1.63. The molecule has 2 fully saturated rings. The first-order chi connectivity index (χ1) is 8.92. The fraction of sp³-hybridized carbons (Fsp3) is 0.400. The minimum atomic E-state index is 0.498. The zero-order valence-corrected chi connectivity index (χ0v) is 10.2. The van der Waals surface area contributed by atoms with E-state index in [0.29, 0.717) is 18.1 Å². The van der Waals surface area contributed by atoms with Gasteiger partial charge in [0.05, 0.1) is 6.10 Å². The fourth-order valence-electron chi connectivity index (χ4n) is 3.17. The molecule has 1 N–H and O–H groups in total. The Morgan fingerprint density at radius 2 is 2.17 bits per heavy atom. The molecule has 1 aromatic heterocycles. The van der Waals surface area contributed by atoms with Crippen molar-refractivity contribution in [3.63, 3.8) is 0 Å². The van der Waals surface area contributed by atoms with Crippen LogP contribution in [0.2, 0.25) is 0 Å². The standard InChI is InChI=1S/C15H16N2O/c1-2-4-11-10(3-1)5-7-16-15(11)17-13-9-14-12(13)6-8-18-14/h1-5,7,12-14H,6,8-9H2,(H,16,17)/t12-,13+,14+/m1/s1. The number of fused-ring (bicyclic) bond motifs is 2. The van der Waals surface area contributed by atoms with Crippen molar-refractivity contribution < 1.29 is 4.74 Å². The van der Waals surface area contributed by atoms with Gasteiger partial charge in [-0.1, -0.05) is 24.3 Å². The highest BCUT2D eigenvalue weighted by Gasteiger charge is 2.45. The topological polar surface area (TPSA) is 34.1 Å². The quantitative estimate of drug-likeness (QED) is 0.876. The number of nitrogens with one attached hydrogen (secondary N) is 1. The summed E-state index contributed by atoms with van der Waals surface area (Å²) in [6.45, 7) is 0.927.